The Morgan fingerprint density at radius 2 is 1.83 bits per heavy atom. The van der Waals surface area contributed by atoms with Crippen LogP contribution in [-0.4, -0.2) is 12.6 Å². The van der Waals surface area contributed by atoms with Gasteiger partial charge in [-0.05, 0) is 35.2 Å². The molecule has 3 heteroatoms. The van der Waals surface area contributed by atoms with E-state index in [1.807, 2.05) is 48.5 Å². The van der Waals surface area contributed by atoms with Crippen molar-refractivity contribution < 1.29 is 14.3 Å². The van der Waals surface area contributed by atoms with E-state index in [1.165, 1.54) is 5.56 Å². The summed E-state index contributed by atoms with van der Waals surface area (Å²) >= 11 is 0. The van der Waals surface area contributed by atoms with Crippen LogP contribution >= 0.6 is 0 Å². The highest BCUT2D eigenvalue weighted by atomic mass is 16.5. The zero-order valence-corrected chi connectivity index (χ0v) is 13.3. The average molecular weight is 318 g/mol. The molecular formula is C21H18O3. The van der Waals surface area contributed by atoms with Gasteiger partial charge in [0.2, 0.25) is 0 Å². The molecule has 0 atom stereocenters. The maximum atomic E-state index is 11.4. The van der Waals surface area contributed by atoms with Gasteiger partial charge in [-0.2, -0.15) is 0 Å². The van der Waals surface area contributed by atoms with E-state index in [0.29, 0.717) is 12.4 Å². The Labute approximate surface area is 141 Å². The lowest BCUT2D eigenvalue weighted by molar-refractivity contribution is -0.128. The summed E-state index contributed by atoms with van der Waals surface area (Å²) < 4.78 is 11.1. The molecule has 24 heavy (non-hydrogen) atoms. The number of hydrogen-bond donors (Lipinski definition) is 0. The molecule has 0 aliphatic heterocycles. The van der Waals surface area contributed by atoms with Gasteiger partial charge in [-0.3, -0.25) is 0 Å². The fourth-order valence-electron chi connectivity index (χ4n) is 2.49. The second-order valence-electron chi connectivity index (χ2n) is 5.35. The zero-order valence-electron chi connectivity index (χ0n) is 13.3. The third-order valence-corrected chi connectivity index (χ3v) is 3.69. The van der Waals surface area contributed by atoms with Gasteiger partial charge in [0.1, 0.15) is 11.5 Å². The molecule has 0 fully saturated rings. The molecule has 0 aliphatic rings. The minimum Gasteiger partial charge on any atom is -0.493 e. The summed E-state index contributed by atoms with van der Waals surface area (Å²) in [5.74, 6) is 0.851. The number of hydrogen-bond acceptors (Lipinski definition) is 3. The highest BCUT2D eigenvalue weighted by molar-refractivity contribution is 5.93. The molecule has 0 aliphatic carbocycles. The Bertz CT molecular complexity index is 853. The zero-order chi connectivity index (χ0) is 16.8. The summed E-state index contributed by atoms with van der Waals surface area (Å²) in [6.45, 7) is 4.03. The van der Waals surface area contributed by atoms with Gasteiger partial charge in [0.25, 0.3) is 0 Å². The van der Waals surface area contributed by atoms with Gasteiger partial charge in [-0.1, -0.05) is 49.0 Å². The Kier molecular flexibility index (Phi) is 4.92. The van der Waals surface area contributed by atoms with Crippen LogP contribution in [0.1, 0.15) is 5.56 Å². The topological polar surface area (TPSA) is 35.5 Å². The molecule has 0 radical (unpaired) electrons. The second-order valence-corrected chi connectivity index (χ2v) is 5.35. The van der Waals surface area contributed by atoms with Gasteiger partial charge in [-0.25, -0.2) is 4.79 Å². The molecule has 3 nitrogen and oxygen atoms in total. The van der Waals surface area contributed by atoms with Crippen LogP contribution in [-0.2, 0) is 11.2 Å². The molecule has 0 heterocycles. The third-order valence-electron chi connectivity index (χ3n) is 3.69. The van der Waals surface area contributed by atoms with Crippen LogP contribution in [0.15, 0.2) is 79.4 Å². The first-order chi connectivity index (χ1) is 11.8. The van der Waals surface area contributed by atoms with Gasteiger partial charge in [0, 0.05) is 17.9 Å². The van der Waals surface area contributed by atoms with Crippen LogP contribution in [0.3, 0.4) is 0 Å². The third kappa shape index (κ3) is 3.82. The monoisotopic (exact) mass is 318 g/mol. The number of benzene rings is 3. The van der Waals surface area contributed by atoms with Crippen LogP contribution in [0.2, 0.25) is 0 Å². The van der Waals surface area contributed by atoms with Crippen LogP contribution < -0.4 is 9.47 Å². The van der Waals surface area contributed by atoms with E-state index >= 15 is 0 Å². The fraction of sp³-hybridized carbons (Fsp3) is 0.0952. The quantitative estimate of drug-likeness (QED) is 0.380. The SMILES string of the molecule is C=CC(=O)Oc1cccc2cc(OCCc3ccccc3)ccc12. The van der Waals surface area contributed by atoms with Crippen molar-refractivity contribution in [1.82, 2.24) is 0 Å². The molecule has 0 bridgehead atoms. The standard InChI is InChI=1S/C21H18O3/c1-2-21(22)24-20-10-6-9-17-15-18(11-12-19(17)20)23-14-13-16-7-4-3-5-8-16/h2-12,15H,1,13-14H2. The van der Waals surface area contributed by atoms with Crippen molar-refractivity contribution in [2.24, 2.45) is 0 Å². The summed E-state index contributed by atoms with van der Waals surface area (Å²) in [5.41, 5.74) is 1.25. The molecule has 3 aromatic carbocycles. The molecule has 3 aromatic rings. The van der Waals surface area contributed by atoms with Crippen molar-refractivity contribution in [3.63, 3.8) is 0 Å². The molecule has 0 spiro atoms. The number of esters is 1. The van der Waals surface area contributed by atoms with Gasteiger partial charge in [0.05, 0.1) is 6.61 Å². The van der Waals surface area contributed by atoms with E-state index in [4.69, 9.17) is 9.47 Å². The summed E-state index contributed by atoms with van der Waals surface area (Å²) in [7, 11) is 0. The van der Waals surface area contributed by atoms with Crippen molar-refractivity contribution in [2.75, 3.05) is 6.61 Å². The van der Waals surface area contributed by atoms with E-state index in [2.05, 4.69) is 18.7 Å². The minimum absolute atomic E-state index is 0.467. The van der Waals surface area contributed by atoms with Crippen LogP contribution in [0.5, 0.6) is 11.5 Å². The molecular weight excluding hydrogens is 300 g/mol. The molecule has 0 saturated carbocycles. The van der Waals surface area contributed by atoms with Crippen molar-refractivity contribution in [3.05, 3.63) is 84.9 Å². The maximum Gasteiger partial charge on any atom is 0.335 e. The van der Waals surface area contributed by atoms with E-state index in [0.717, 1.165) is 29.0 Å². The largest absolute Gasteiger partial charge is 0.493 e. The summed E-state index contributed by atoms with van der Waals surface area (Å²) in [6, 6.07) is 21.5. The number of rotatable bonds is 6. The van der Waals surface area contributed by atoms with E-state index in [1.54, 1.807) is 6.07 Å². The smallest absolute Gasteiger partial charge is 0.335 e. The Morgan fingerprint density at radius 1 is 1.00 bits per heavy atom. The number of carbonyl (C=O) groups is 1. The molecule has 120 valence electrons. The van der Waals surface area contributed by atoms with Gasteiger partial charge >= 0.3 is 5.97 Å². The first-order valence-electron chi connectivity index (χ1n) is 7.80. The molecule has 0 N–H and O–H groups in total. The van der Waals surface area contributed by atoms with Crippen molar-refractivity contribution in [1.29, 1.82) is 0 Å². The van der Waals surface area contributed by atoms with Crippen molar-refractivity contribution in [3.8, 4) is 11.5 Å². The maximum absolute atomic E-state index is 11.4. The van der Waals surface area contributed by atoms with Crippen LogP contribution in [0.4, 0.5) is 0 Å². The van der Waals surface area contributed by atoms with Crippen molar-refractivity contribution >= 4 is 16.7 Å². The second kappa shape index (κ2) is 7.47. The lowest BCUT2D eigenvalue weighted by Gasteiger charge is -2.10. The first kappa shape index (κ1) is 15.8. The van der Waals surface area contributed by atoms with Crippen LogP contribution in [0.25, 0.3) is 10.8 Å². The Hall–Kier alpha value is -3.07. The predicted molar refractivity (Wildman–Crippen MR) is 95.4 cm³/mol. The van der Waals surface area contributed by atoms with Gasteiger partial charge < -0.3 is 9.47 Å². The van der Waals surface area contributed by atoms with Gasteiger partial charge in [0.15, 0.2) is 0 Å². The highest BCUT2D eigenvalue weighted by Crippen LogP contribution is 2.29. The first-order valence-corrected chi connectivity index (χ1v) is 7.80. The number of ether oxygens (including phenoxy) is 2. The molecule has 0 unspecified atom stereocenters. The normalized spacial score (nSPS) is 10.3. The summed E-state index contributed by atoms with van der Waals surface area (Å²) in [6.07, 6.45) is 2.01. The fourth-order valence-corrected chi connectivity index (χ4v) is 2.49. The molecule has 0 amide bonds. The highest BCUT2D eigenvalue weighted by Gasteiger charge is 2.06. The Morgan fingerprint density at radius 3 is 2.62 bits per heavy atom. The molecule has 3 rings (SSSR count). The van der Waals surface area contributed by atoms with E-state index in [9.17, 15) is 4.79 Å². The van der Waals surface area contributed by atoms with E-state index in [-0.39, 0.29) is 0 Å². The Balaban J connectivity index is 1.72. The lowest BCUT2D eigenvalue weighted by atomic mass is 10.1. The lowest BCUT2D eigenvalue weighted by Crippen LogP contribution is -2.03. The summed E-state index contributed by atoms with van der Waals surface area (Å²) in [4.78, 5) is 11.4. The molecule has 0 aromatic heterocycles. The minimum atomic E-state index is -0.467. The average Bonchev–Trinajstić information content (AvgIpc) is 2.62. The van der Waals surface area contributed by atoms with E-state index < -0.39 is 5.97 Å². The van der Waals surface area contributed by atoms with Crippen LogP contribution in [0, 0.1) is 0 Å². The number of fused-ring (bicyclic) bond motifs is 1. The van der Waals surface area contributed by atoms with Gasteiger partial charge in [-0.15, -0.1) is 0 Å². The predicted octanol–water partition coefficient (Wildman–Crippen LogP) is 4.55. The molecule has 0 saturated heterocycles. The van der Waals surface area contributed by atoms with Crippen molar-refractivity contribution in [2.45, 2.75) is 6.42 Å². The number of carbonyl (C=O) groups excluding carboxylic acids is 1. The summed E-state index contributed by atoms with van der Waals surface area (Å²) in [5, 5.41) is 1.82.